The van der Waals surface area contributed by atoms with E-state index in [4.69, 9.17) is 21.1 Å². The number of rotatable bonds is 9. The zero-order valence-electron chi connectivity index (χ0n) is 19.8. The number of aryl methyl sites for hydroxylation is 1. The largest absolute Gasteiger partial charge is 0.493 e. The zero-order valence-corrected chi connectivity index (χ0v) is 22.1. The first-order valence-corrected chi connectivity index (χ1v) is 12.6. The number of aromatic nitrogens is 2. The minimum atomic E-state index is -0.364. The molecule has 4 aromatic rings. The number of unbranched alkanes of at least 4 members (excludes halogenated alkanes) is 1. The number of nitrogens with zero attached hydrogens (tertiary/aromatic N) is 3. The minimum absolute atomic E-state index is 0.00924. The molecule has 0 atom stereocenters. The Balaban J connectivity index is 1.68. The van der Waals surface area contributed by atoms with Crippen LogP contribution in [-0.2, 0) is 13.0 Å². The molecule has 6 nitrogen and oxygen atoms in total. The van der Waals surface area contributed by atoms with Crippen LogP contribution < -0.4 is 15.0 Å². The molecule has 0 spiro atoms. The molecular formula is C27H24BrClFN3O3. The molecule has 0 amide bonds. The van der Waals surface area contributed by atoms with Gasteiger partial charge in [-0.1, -0.05) is 59.1 Å². The summed E-state index contributed by atoms with van der Waals surface area (Å²) in [5, 5.41) is 5.19. The maximum atomic E-state index is 14.0. The molecule has 0 N–H and O–H groups in total. The number of fused-ring (bicyclic) bond motifs is 1. The van der Waals surface area contributed by atoms with Crippen molar-refractivity contribution in [1.82, 2.24) is 9.66 Å². The van der Waals surface area contributed by atoms with Gasteiger partial charge in [0.2, 0.25) is 0 Å². The molecule has 3 aromatic carbocycles. The van der Waals surface area contributed by atoms with Gasteiger partial charge in [0.15, 0.2) is 11.5 Å². The van der Waals surface area contributed by atoms with Crippen LogP contribution in [0, 0.1) is 5.82 Å². The predicted molar refractivity (Wildman–Crippen MR) is 144 cm³/mol. The van der Waals surface area contributed by atoms with Gasteiger partial charge in [-0.25, -0.2) is 9.37 Å². The van der Waals surface area contributed by atoms with Crippen molar-refractivity contribution >= 4 is 44.6 Å². The van der Waals surface area contributed by atoms with Gasteiger partial charge in [-0.05, 0) is 48.4 Å². The molecule has 0 bridgehead atoms. The highest BCUT2D eigenvalue weighted by atomic mass is 79.9. The Morgan fingerprint density at radius 3 is 2.75 bits per heavy atom. The van der Waals surface area contributed by atoms with E-state index in [2.05, 4.69) is 32.9 Å². The maximum absolute atomic E-state index is 14.0. The Bertz CT molecular complexity index is 1490. The lowest BCUT2D eigenvalue weighted by Crippen LogP contribution is -2.22. The van der Waals surface area contributed by atoms with E-state index < -0.39 is 0 Å². The summed E-state index contributed by atoms with van der Waals surface area (Å²) in [6.45, 7) is 2.07. The summed E-state index contributed by atoms with van der Waals surface area (Å²) in [6, 6.07) is 15.1. The highest BCUT2D eigenvalue weighted by Gasteiger charge is 2.14. The van der Waals surface area contributed by atoms with Crippen LogP contribution >= 0.6 is 27.5 Å². The third-order valence-corrected chi connectivity index (χ3v) is 6.31. The Labute approximate surface area is 221 Å². The fourth-order valence-electron chi connectivity index (χ4n) is 3.65. The summed E-state index contributed by atoms with van der Waals surface area (Å²) in [6.07, 6.45) is 3.97. The fourth-order valence-corrected chi connectivity index (χ4v) is 4.29. The Morgan fingerprint density at radius 1 is 1.19 bits per heavy atom. The van der Waals surface area contributed by atoms with E-state index in [1.54, 1.807) is 36.4 Å². The molecule has 186 valence electrons. The quantitative estimate of drug-likeness (QED) is 0.208. The van der Waals surface area contributed by atoms with Crippen LogP contribution in [0.1, 0.15) is 36.7 Å². The average molecular weight is 573 g/mol. The maximum Gasteiger partial charge on any atom is 0.282 e. The summed E-state index contributed by atoms with van der Waals surface area (Å²) in [5.41, 5.74) is 1.36. The summed E-state index contributed by atoms with van der Waals surface area (Å²) < 4.78 is 27.3. The monoisotopic (exact) mass is 571 g/mol. The number of hydrogen-bond donors (Lipinski definition) is 0. The van der Waals surface area contributed by atoms with Crippen molar-refractivity contribution in [3.05, 3.63) is 97.2 Å². The van der Waals surface area contributed by atoms with Gasteiger partial charge >= 0.3 is 0 Å². The number of halogens is 3. The highest BCUT2D eigenvalue weighted by Crippen LogP contribution is 2.36. The van der Waals surface area contributed by atoms with Crippen LogP contribution in [-0.4, -0.2) is 23.0 Å². The van der Waals surface area contributed by atoms with Crippen molar-refractivity contribution < 1.29 is 13.9 Å². The molecule has 9 heteroatoms. The number of methoxy groups -OCH3 is 1. The molecule has 36 heavy (non-hydrogen) atoms. The SMILES string of the molecule is CCCCc1nc2ccc(Br)cc2c(=O)n1N=Cc1cc(Cl)c(OCc2ccccc2F)c(OC)c1. The van der Waals surface area contributed by atoms with Crippen LogP contribution in [0.3, 0.4) is 0 Å². The van der Waals surface area contributed by atoms with E-state index in [-0.39, 0.29) is 28.8 Å². The molecule has 0 aliphatic rings. The zero-order chi connectivity index (χ0) is 25.7. The minimum Gasteiger partial charge on any atom is -0.493 e. The Hall–Kier alpha value is -3.23. The fraction of sp³-hybridized carbons (Fsp3) is 0.222. The summed E-state index contributed by atoms with van der Waals surface area (Å²) >= 11 is 9.89. The molecule has 0 saturated heterocycles. The molecular weight excluding hydrogens is 549 g/mol. The molecule has 0 unspecified atom stereocenters. The predicted octanol–water partition coefficient (Wildman–Crippen LogP) is 6.76. The first kappa shape index (κ1) is 25.9. The van der Waals surface area contributed by atoms with Crippen molar-refractivity contribution in [1.29, 1.82) is 0 Å². The van der Waals surface area contributed by atoms with Crippen molar-refractivity contribution in [3.63, 3.8) is 0 Å². The molecule has 0 aliphatic heterocycles. The van der Waals surface area contributed by atoms with Gasteiger partial charge in [0.05, 0.1) is 29.2 Å². The van der Waals surface area contributed by atoms with Crippen LogP contribution in [0.15, 0.2) is 69.0 Å². The van der Waals surface area contributed by atoms with E-state index in [1.807, 2.05) is 12.1 Å². The van der Waals surface area contributed by atoms with Gasteiger partial charge in [-0.2, -0.15) is 9.78 Å². The van der Waals surface area contributed by atoms with E-state index in [0.29, 0.717) is 40.0 Å². The van der Waals surface area contributed by atoms with Crippen molar-refractivity contribution in [2.75, 3.05) is 7.11 Å². The van der Waals surface area contributed by atoms with E-state index in [0.717, 1.165) is 17.3 Å². The summed E-state index contributed by atoms with van der Waals surface area (Å²) in [7, 11) is 1.49. The van der Waals surface area contributed by atoms with Gasteiger partial charge in [0.25, 0.3) is 5.56 Å². The van der Waals surface area contributed by atoms with E-state index in [9.17, 15) is 9.18 Å². The molecule has 0 fully saturated rings. The van der Waals surface area contributed by atoms with Gasteiger partial charge in [-0.3, -0.25) is 4.79 Å². The van der Waals surface area contributed by atoms with E-state index in [1.165, 1.54) is 24.1 Å². The van der Waals surface area contributed by atoms with Crippen LogP contribution in [0.4, 0.5) is 4.39 Å². The highest BCUT2D eigenvalue weighted by molar-refractivity contribution is 9.10. The van der Waals surface area contributed by atoms with E-state index >= 15 is 0 Å². The van der Waals surface area contributed by atoms with Crippen LogP contribution in [0.25, 0.3) is 10.9 Å². The van der Waals surface area contributed by atoms with Crippen LogP contribution in [0.5, 0.6) is 11.5 Å². The lowest BCUT2D eigenvalue weighted by atomic mass is 10.2. The Morgan fingerprint density at radius 2 is 2.00 bits per heavy atom. The third kappa shape index (κ3) is 5.77. The van der Waals surface area contributed by atoms with Gasteiger partial charge in [0.1, 0.15) is 18.2 Å². The lowest BCUT2D eigenvalue weighted by Gasteiger charge is -2.14. The number of benzene rings is 3. The second-order valence-electron chi connectivity index (χ2n) is 8.07. The molecule has 0 saturated carbocycles. The lowest BCUT2D eigenvalue weighted by molar-refractivity contribution is 0.280. The number of ether oxygens (including phenoxy) is 2. The first-order valence-electron chi connectivity index (χ1n) is 11.4. The van der Waals surface area contributed by atoms with Gasteiger partial charge < -0.3 is 9.47 Å². The average Bonchev–Trinajstić information content (AvgIpc) is 2.87. The molecule has 0 aliphatic carbocycles. The van der Waals surface area contributed by atoms with Crippen molar-refractivity contribution in [2.24, 2.45) is 5.10 Å². The number of hydrogen-bond acceptors (Lipinski definition) is 5. The second kappa shape index (κ2) is 11.7. The van der Waals surface area contributed by atoms with Crippen molar-refractivity contribution in [3.8, 4) is 11.5 Å². The molecule has 0 radical (unpaired) electrons. The summed E-state index contributed by atoms with van der Waals surface area (Å²) in [4.78, 5) is 17.9. The second-order valence-corrected chi connectivity index (χ2v) is 9.39. The third-order valence-electron chi connectivity index (χ3n) is 5.53. The summed E-state index contributed by atoms with van der Waals surface area (Å²) in [5.74, 6) is 0.865. The molecule has 4 rings (SSSR count). The standard InChI is InChI=1S/C27H24BrClFN3O3/c1-3-4-9-25-32-23-11-10-19(28)14-20(23)27(34)33(25)31-15-17-12-21(29)26(24(13-17)35-2)36-16-18-7-5-6-8-22(18)30/h5-8,10-15H,3-4,9,16H2,1-2H3. The van der Waals surface area contributed by atoms with Gasteiger partial charge in [-0.15, -0.1) is 0 Å². The molecule has 1 heterocycles. The first-order chi connectivity index (χ1) is 17.4. The van der Waals surface area contributed by atoms with Gasteiger partial charge in [0, 0.05) is 16.5 Å². The normalized spacial score (nSPS) is 11.4. The smallest absolute Gasteiger partial charge is 0.282 e. The van der Waals surface area contributed by atoms with Crippen molar-refractivity contribution in [2.45, 2.75) is 32.8 Å². The molecule has 1 aromatic heterocycles. The topological polar surface area (TPSA) is 65.7 Å². The Kier molecular flexibility index (Phi) is 8.38. The van der Waals surface area contributed by atoms with Crippen LogP contribution in [0.2, 0.25) is 5.02 Å².